The lowest BCUT2D eigenvalue weighted by Crippen LogP contribution is -2.05. The molecule has 1 nitrogen and oxygen atoms in total. The molecule has 1 saturated heterocycles. The van der Waals surface area contributed by atoms with Crippen LogP contribution in [0, 0.1) is 0 Å². The SMILES string of the molecule is CC=C1CCCOC1=CC=C(C)C. The second kappa shape index (κ2) is 4.90. The summed E-state index contributed by atoms with van der Waals surface area (Å²) < 4.78 is 5.58. The van der Waals surface area contributed by atoms with E-state index in [1.54, 1.807) is 0 Å². The number of rotatable bonds is 1. The third kappa shape index (κ3) is 3.10. The maximum atomic E-state index is 5.58. The normalized spacial score (nSPS) is 23.0. The predicted octanol–water partition coefficient (Wildman–Crippen LogP) is 3.59. The van der Waals surface area contributed by atoms with Crippen molar-refractivity contribution in [3.63, 3.8) is 0 Å². The molecule has 1 heterocycles. The van der Waals surface area contributed by atoms with E-state index in [1.807, 2.05) is 0 Å². The minimum atomic E-state index is 0.861. The van der Waals surface area contributed by atoms with Crippen LogP contribution in [0.4, 0.5) is 0 Å². The number of allylic oxidation sites excluding steroid dienone is 5. The highest BCUT2D eigenvalue weighted by Crippen LogP contribution is 2.23. The van der Waals surface area contributed by atoms with Gasteiger partial charge in [-0.2, -0.15) is 0 Å². The van der Waals surface area contributed by atoms with Crippen molar-refractivity contribution in [2.45, 2.75) is 33.6 Å². The van der Waals surface area contributed by atoms with Gasteiger partial charge in [0.05, 0.1) is 6.61 Å². The molecule has 0 aromatic rings. The van der Waals surface area contributed by atoms with Gasteiger partial charge in [-0.1, -0.05) is 17.7 Å². The molecule has 0 aromatic carbocycles. The summed E-state index contributed by atoms with van der Waals surface area (Å²) in [6, 6.07) is 0. The Kier molecular flexibility index (Phi) is 3.81. The fraction of sp³-hybridized carbons (Fsp3) is 0.500. The van der Waals surface area contributed by atoms with E-state index in [4.69, 9.17) is 4.74 Å². The third-order valence-corrected chi connectivity index (χ3v) is 2.08. The predicted molar refractivity (Wildman–Crippen MR) is 56.5 cm³/mol. The minimum Gasteiger partial charge on any atom is -0.493 e. The highest BCUT2D eigenvalue weighted by molar-refractivity contribution is 5.30. The van der Waals surface area contributed by atoms with Crippen molar-refractivity contribution >= 4 is 0 Å². The molecule has 1 fully saturated rings. The zero-order valence-corrected chi connectivity index (χ0v) is 8.76. The zero-order chi connectivity index (χ0) is 9.68. The molecule has 1 rings (SSSR count). The third-order valence-electron chi connectivity index (χ3n) is 2.08. The molecule has 13 heavy (non-hydrogen) atoms. The molecule has 0 atom stereocenters. The van der Waals surface area contributed by atoms with Crippen LogP contribution in [0.3, 0.4) is 0 Å². The first-order valence-corrected chi connectivity index (χ1v) is 4.87. The van der Waals surface area contributed by atoms with Gasteiger partial charge in [0.15, 0.2) is 0 Å². The van der Waals surface area contributed by atoms with Gasteiger partial charge in [-0.15, -0.1) is 0 Å². The molecule has 0 N–H and O–H groups in total. The Balaban J connectivity index is 2.76. The van der Waals surface area contributed by atoms with Crippen molar-refractivity contribution in [1.29, 1.82) is 0 Å². The molecule has 1 aliphatic heterocycles. The number of hydrogen-bond donors (Lipinski definition) is 0. The molecular weight excluding hydrogens is 160 g/mol. The molecule has 1 aliphatic rings. The van der Waals surface area contributed by atoms with E-state index in [0.717, 1.165) is 25.2 Å². The number of ether oxygens (including phenoxy) is 1. The van der Waals surface area contributed by atoms with Gasteiger partial charge in [-0.25, -0.2) is 0 Å². The summed E-state index contributed by atoms with van der Waals surface area (Å²) in [5, 5.41) is 0. The summed E-state index contributed by atoms with van der Waals surface area (Å²) in [5.41, 5.74) is 2.64. The first kappa shape index (κ1) is 10.1. The Bertz CT molecular complexity index is 252. The molecule has 0 spiro atoms. The smallest absolute Gasteiger partial charge is 0.122 e. The van der Waals surface area contributed by atoms with E-state index in [2.05, 4.69) is 39.0 Å². The highest BCUT2D eigenvalue weighted by Gasteiger charge is 2.10. The molecule has 1 heteroatoms. The molecule has 0 radical (unpaired) electrons. The lowest BCUT2D eigenvalue weighted by atomic mass is 10.1. The number of hydrogen-bond acceptors (Lipinski definition) is 1. The van der Waals surface area contributed by atoms with Crippen molar-refractivity contribution in [2.75, 3.05) is 6.61 Å². The highest BCUT2D eigenvalue weighted by atomic mass is 16.5. The van der Waals surface area contributed by atoms with Crippen molar-refractivity contribution in [3.05, 3.63) is 35.1 Å². The van der Waals surface area contributed by atoms with E-state index in [1.165, 1.54) is 11.1 Å². The van der Waals surface area contributed by atoms with Crippen molar-refractivity contribution < 1.29 is 4.74 Å². The van der Waals surface area contributed by atoms with Crippen LogP contribution < -0.4 is 0 Å². The second-order valence-corrected chi connectivity index (χ2v) is 3.54. The van der Waals surface area contributed by atoms with Gasteiger partial charge in [-0.3, -0.25) is 0 Å². The Hall–Kier alpha value is -0.980. The van der Waals surface area contributed by atoms with Gasteiger partial charge in [0.1, 0.15) is 5.76 Å². The summed E-state index contributed by atoms with van der Waals surface area (Å²) in [7, 11) is 0. The van der Waals surface area contributed by atoms with Crippen molar-refractivity contribution in [3.8, 4) is 0 Å². The molecule has 0 aliphatic carbocycles. The molecular formula is C12H18O. The zero-order valence-electron chi connectivity index (χ0n) is 8.76. The average molecular weight is 178 g/mol. The fourth-order valence-corrected chi connectivity index (χ4v) is 1.34. The van der Waals surface area contributed by atoms with Gasteiger partial charge >= 0.3 is 0 Å². The van der Waals surface area contributed by atoms with Crippen LogP contribution in [0.2, 0.25) is 0 Å². The van der Waals surface area contributed by atoms with Gasteiger partial charge in [0.25, 0.3) is 0 Å². The van der Waals surface area contributed by atoms with E-state index < -0.39 is 0 Å². The standard InChI is InChI=1S/C12H18O/c1-4-11-6-5-9-13-12(11)8-7-10(2)3/h4,7-8H,5-6,9H2,1-3H3. The molecule has 0 unspecified atom stereocenters. The van der Waals surface area contributed by atoms with Crippen molar-refractivity contribution in [1.82, 2.24) is 0 Å². The monoisotopic (exact) mass is 178 g/mol. The minimum absolute atomic E-state index is 0.861. The first-order chi connectivity index (χ1) is 6.24. The van der Waals surface area contributed by atoms with Gasteiger partial charge in [0, 0.05) is 0 Å². The van der Waals surface area contributed by atoms with Crippen molar-refractivity contribution in [2.24, 2.45) is 0 Å². The van der Waals surface area contributed by atoms with E-state index >= 15 is 0 Å². The largest absolute Gasteiger partial charge is 0.493 e. The lowest BCUT2D eigenvalue weighted by molar-refractivity contribution is 0.194. The van der Waals surface area contributed by atoms with Crippen LogP contribution in [-0.2, 0) is 4.74 Å². The summed E-state index contributed by atoms with van der Waals surface area (Å²) in [4.78, 5) is 0. The van der Waals surface area contributed by atoms with Crippen LogP contribution in [0.15, 0.2) is 35.1 Å². The molecule has 0 amide bonds. The molecule has 72 valence electrons. The Morgan fingerprint density at radius 3 is 2.77 bits per heavy atom. The summed E-state index contributed by atoms with van der Waals surface area (Å²) in [5.74, 6) is 1.05. The van der Waals surface area contributed by atoms with E-state index in [-0.39, 0.29) is 0 Å². The molecule has 0 aromatic heterocycles. The van der Waals surface area contributed by atoms with E-state index in [0.29, 0.717) is 0 Å². The Labute approximate surface area is 80.8 Å². The van der Waals surface area contributed by atoms with E-state index in [9.17, 15) is 0 Å². The average Bonchev–Trinajstić information content (AvgIpc) is 2.15. The maximum Gasteiger partial charge on any atom is 0.122 e. The van der Waals surface area contributed by atoms with Crippen LogP contribution in [0.25, 0.3) is 0 Å². The lowest BCUT2D eigenvalue weighted by Gasteiger charge is -2.18. The first-order valence-electron chi connectivity index (χ1n) is 4.87. The Morgan fingerprint density at radius 2 is 2.15 bits per heavy atom. The Morgan fingerprint density at radius 1 is 1.38 bits per heavy atom. The van der Waals surface area contributed by atoms with Crippen LogP contribution in [-0.4, -0.2) is 6.61 Å². The van der Waals surface area contributed by atoms with Gasteiger partial charge < -0.3 is 4.74 Å². The summed E-state index contributed by atoms with van der Waals surface area (Å²) in [6.45, 7) is 7.12. The van der Waals surface area contributed by atoms with Crippen LogP contribution >= 0.6 is 0 Å². The molecule has 0 bridgehead atoms. The van der Waals surface area contributed by atoms with Crippen LogP contribution in [0.1, 0.15) is 33.6 Å². The summed E-state index contributed by atoms with van der Waals surface area (Å²) >= 11 is 0. The van der Waals surface area contributed by atoms with Gasteiger partial charge in [-0.05, 0) is 45.3 Å². The second-order valence-electron chi connectivity index (χ2n) is 3.54. The maximum absolute atomic E-state index is 5.58. The summed E-state index contributed by atoms with van der Waals surface area (Å²) in [6.07, 6.45) is 8.61. The van der Waals surface area contributed by atoms with Crippen LogP contribution in [0.5, 0.6) is 0 Å². The topological polar surface area (TPSA) is 9.23 Å². The fourth-order valence-electron chi connectivity index (χ4n) is 1.34. The van der Waals surface area contributed by atoms with Gasteiger partial charge in [0.2, 0.25) is 0 Å². The molecule has 0 saturated carbocycles. The quantitative estimate of drug-likeness (QED) is 0.596.